The molecule has 0 saturated heterocycles. The van der Waals surface area contributed by atoms with Gasteiger partial charge in [-0.3, -0.25) is 4.79 Å². The van der Waals surface area contributed by atoms with Crippen LogP contribution in [0, 0.1) is 5.92 Å². The lowest BCUT2D eigenvalue weighted by atomic mass is 10.0. The molecular formula is C12H23N5O. The number of hydrogen-bond acceptors (Lipinski definition) is 4. The molecule has 0 aromatic carbocycles. The van der Waals surface area contributed by atoms with Crippen molar-refractivity contribution < 1.29 is 4.79 Å². The average molecular weight is 253 g/mol. The summed E-state index contributed by atoms with van der Waals surface area (Å²) in [6.07, 6.45) is 3.82. The highest BCUT2D eigenvalue weighted by Gasteiger charge is 2.11. The average Bonchev–Trinajstić information content (AvgIpc) is 2.75. The SMILES string of the molecule is CCC(C)CC(C)NC(=O)Cn1cc(CN)nn1. The summed E-state index contributed by atoms with van der Waals surface area (Å²) < 4.78 is 1.51. The van der Waals surface area contributed by atoms with Crippen LogP contribution in [0.3, 0.4) is 0 Å². The van der Waals surface area contributed by atoms with E-state index in [1.165, 1.54) is 4.68 Å². The van der Waals surface area contributed by atoms with Crippen LogP contribution in [0.15, 0.2) is 6.20 Å². The van der Waals surface area contributed by atoms with Crippen LogP contribution in [-0.2, 0) is 17.9 Å². The second-order valence-corrected chi connectivity index (χ2v) is 4.83. The summed E-state index contributed by atoms with van der Waals surface area (Å²) in [5, 5.41) is 10.6. The summed E-state index contributed by atoms with van der Waals surface area (Å²) in [7, 11) is 0. The van der Waals surface area contributed by atoms with E-state index in [0.717, 1.165) is 12.8 Å². The predicted octanol–water partition coefficient (Wildman–Crippen LogP) is 0.678. The van der Waals surface area contributed by atoms with E-state index < -0.39 is 0 Å². The molecule has 1 aromatic heterocycles. The smallest absolute Gasteiger partial charge is 0.242 e. The Morgan fingerprint density at radius 2 is 2.28 bits per heavy atom. The Labute approximate surface area is 108 Å². The fraction of sp³-hybridized carbons (Fsp3) is 0.750. The van der Waals surface area contributed by atoms with Crippen LogP contribution in [0.5, 0.6) is 0 Å². The first-order valence-corrected chi connectivity index (χ1v) is 6.43. The molecule has 0 bridgehead atoms. The summed E-state index contributed by atoms with van der Waals surface area (Å²) in [5.41, 5.74) is 6.12. The lowest BCUT2D eigenvalue weighted by Gasteiger charge is -2.17. The first-order valence-electron chi connectivity index (χ1n) is 6.43. The molecule has 102 valence electrons. The van der Waals surface area contributed by atoms with Crippen LogP contribution in [0.25, 0.3) is 0 Å². The molecule has 0 saturated carbocycles. The number of nitrogens with zero attached hydrogens (tertiary/aromatic N) is 3. The van der Waals surface area contributed by atoms with Gasteiger partial charge in [0, 0.05) is 12.6 Å². The van der Waals surface area contributed by atoms with Crippen LogP contribution in [0.2, 0.25) is 0 Å². The van der Waals surface area contributed by atoms with E-state index in [1.807, 2.05) is 6.92 Å². The number of rotatable bonds is 7. The molecular weight excluding hydrogens is 230 g/mol. The van der Waals surface area contributed by atoms with Gasteiger partial charge in [0.15, 0.2) is 0 Å². The van der Waals surface area contributed by atoms with E-state index in [4.69, 9.17) is 5.73 Å². The Morgan fingerprint density at radius 1 is 1.56 bits per heavy atom. The summed E-state index contributed by atoms with van der Waals surface area (Å²) in [5.74, 6) is 0.579. The number of amides is 1. The zero-order valence-corrected chi connectivity index (χ0v) is 11.4. The molecule has 1 amide bonds. The molecule has 0 spiro atoms. The van der Waals surface area contributed by atoms with Gasteiger partial charge in [-0.1, -0.05) is 25.5 Å². The number of nitrogens with one attached hydrogen (secondary N) is 1. The van der Waals surface area contributed by atoms with Gasteiger partial charge >= 0.3 is 0 Å². The molecule has 6 nitrogen and oxygen atoms in total. The molecule has 0 aliphatic carbocycles. The third kappa shape index (κ3) is 4.83. The zero-order valence-electron chi connectivity index (χ0n) is 11.4. The van der Waals surface area contributed by atoms with E-state index in [0.29, 0.717) is 18.2 Å². The van der Waals surface area contributed by atoms with Crippen molar-refractivity contribution in [1.29, 1.82) is 0 Å². The minimum atomic E-state index is -0.0423. The van der Waals surface area contributed by atoms with Crippen LogP contribution >= 0.6 is 0 Å². The highest BCUT2D eigenvalue weighted by molar-refractivity contribution is 5.75. The monoisotopic (exact) mass is 253 g/mol. The predicted molar refractivity (Wildman–Crippen MR) is 69.6 cm³/mol. The normalized spacial score (nSPS) is 14.2. The van der Waals surface area contributed by atoms with Gasteiger partial charge in [0.25, 0.3) is 0 Å². The van der Waals surface area contributed by atoms with Crippen molar-refractivity contribution in [1.82, 2.24) is 20.3 Å². The molecule has 18 heavy (non-hydrogen) atoms. The van der Waals surface area contributed by atoms with E-state index in [-0.39, 0.29) is 18.5 Å². The summed E-state index contributed by atoms with van der Waals surface area (Å²) in [6.45, 7) is 6.90. The molecule has 6 heteroatoms. The van der Waals surface area contributed by atoms with Crippen molar-refractivity contribution in [3.63, 3.8) is 0 Å². The van der Waals surface area contributed by atoms with Gasteiger partial charge < -0.3 is 11.1 Å². The molecule has 2 atom stereocenters. The lowest BCUT2D eigenvalue weighted by molar-refractivity contribution is -0.122. The van der Waals surface area contributed by atoms with Gasteiger partial charge in [0.1, 0.15) is 6.54 Å². The van der Waals surface area contributed by atoms with Gasteiger partial charge in [-0.15, -0.1) is 5.10 Å². The summed E-state index contributed by atoms with van der Waals surface area (Å²) >= 11 is 0. The van der Waals surface area contributed by atoms with Crippen LogP contribution in [0.4, 0.5) is 0 Å². The Hall–Kier alpha value is -1.43. The maximum Gasteiger partial charge on any atom is 0.242 e. The Morgan fingerprint density at radius 3 is 2.83 bits per heavy atom. The summed E-state index contributed by atoms with van der Waals surface area (Å²) in [6, 6.07) is 0.185. The van der Waals surface area contributed by atoms with E-state index >= 15 is 0 Å². The first-order chi connectivity index (χ1) is 8.55. The Bertz CT molecular complexity index is 376. The third-order valence-electron chi connectivity index (χ3n) is 2.96. The maximum absolute atomic E-state index is 11.8. The second-order valence-electron chi connectivity index (χ2n) is 4.83. The van der Waals surface area contributed by atoms with Gasteiger partial charge in [-0.05, 0) is 19.3 Å². The van der Waals surface area contributed by atoms with Gasteiger partial charge in [0.05, 0.1) is 11.9 Å². The third-order valence-corrected chi connectivity index (χ3v) is 2.96. The molecule has 0 fully saturated rings. The van der Waals surface area contributed by atoms with Crippen molar-refractivity contribution >= 4 is 5.91 Å². The van der Waals surface area contributed by atoms with E-state index in [2.05, 4.69) is 29.5 Å². The van der Waals surface area contributed by atoms with Gasteiger partial charge in [-0.25, -0.2) is 4.68 Å². The molecule has 1 rings (SSSR count). The fourth-order valence-electron chi connectivity index (χ4n) is 1.81. The van der Waals surface area contributed by atoms with Gasteiger partial charge in [0.2, 0.25) is 5.91 Å². The number of carbonyl (C=O) groups is 1. The number of aromatic nitrogens is 3. The fourth-order valence-corrected chi connectivity index (χ4v) is 1.81. The molecule has 3 N–H and O–H groups in total. The van der Waals surface area contributed by atoms with Gasteiger partial charge in [-0.2, -0.15) is 0 Å². The number of hydrogen-bond donors (Lipinski definition) is 2. The lowest BCUT2D eigenvalue weighted by Crippen LogP contribution is -2.36. The quantitative estimate of drug-likeness (QED) is 0.748. The topological polar surface area (TPSA) is 85.8 Å². The number of nitrogens with two attached hydrogens (primary N) is 1. The second kappa shape index (κ2) is 7.10. The van der Waals surface area contributed by atoms with Crippen LogP contribution in [-0.4, -0.2) is 26.9 Å². The van der Waals surface area contributed by atoms with Crippen molar-refractivity contribution in [2.24, 2.45) is 11.7 Å². The van der Waals surface area contributed by atoms with Crippen molar-refractivity contribution in [2.75, 3.05) is 0 Å². The Kier molecular flexibility index (Phi) is 5.77. The van der Waals surface area contributed by atoms with Crippen molar-refractivity contribution in [2.45, 2.75) is 52.7 Å². The largest absolute Gasteiger partial charge is 0.352 e. The molecule has 0 aliphatic rings. The molecule has 2 unspecified atom stereocenters. The Balaban J connectivity index is 2.36. The van der Waals surface area contributed by atoms with Crippen LogP contribution in [0.1, 0.15) is 39.3 Å². The highest BCUT2D eigenvalue weighted by atomic mass is 16.2. The molecule has 0 radical (unpaired) electrons. The maximum atomic E-state index is 11.8. The van der Waals surface area contributed by atoms with Crippen molar-refractivity contribution in [3.05, 3.63) is 11.9 Å². The summed E-state index contributed by atoms with van der Waals surface area (Å²) in [4.78, 5) is 11.8. The minimum Gasteiger partial charge on any atom is -0.352 e. The molecule has 0 aliphatic heterocycles. The van der Waals surface area contributed by atoms with Crippen LogP contribution < -0.4 is 11.1 Å². The van der Waals surface area contributed by atoms with E-state index in [9.17, 15) is 4.79 Å². The standard InChI is InChI=1S/C12H23N5O/c1-4-9(2)5-10(3)14-12(18)8-17-7-11(6-13)15-16-17/h7,9-10H,4-6,8,13H2,1-3H3,(H,14,18). The first kappa shape index (κ1) is 14.6. The zero-order chi connectivity index (χ0) is 13.5. The number of carbonyl (C=O) groups excluding carboxylic acids is 1. The molecule has 1 aromatic rings. The minimum absolute atomic E-state index is 0.0423. The van der Waals surface area contributed by atoms with Crippen molar-refractivity contribution in [3.8, 4) is 0 Å². The van der Waals surface area contributed by atoms with E-state index in [1.54, 1.807) is 6.20 Å². The highest BCUT2D eigenvalue weighted by Crippen LogP contribution is 2.09. The molecule has 1 heterocycles.